The molecule has 0 atom stereocenters. The molecule has 0 fully saturated rings. The summed E-state index contributed by atoms with van der Waals surface area (Å²) in [4.78, 5) is 0. The maximum absolute atomic E-state index is 11.0. The number of hydrogen-bond donors (Lipinski definition) is 1. The smallest absolute Gasteiger partial charge is 0.165 e. The molecule has 0 spiro atoms. The molecule has 0 aliphatic carbocycles. The number of rotatable bonds is 5. The molecule has 0 aromatic heterocycles. The Balaban J connectivity index is 1.93. The van der Waals surface area contributed by atoms with E-state index in [1.165, 1.54) is 6.26 Å². The molecule has 0 saturated carbocycles. The Hall–Kier alpha value is -1.27. The molecule has 0 amide bonds. The normalized spacial score (nSPS) is 14.5. The van der Waals surface area contributed by atoms with Crippen molar-refractivity contribution in [1.29, 1.82) is 0 Å². The van der Waals surface area contributed by atoms with Gasteiger partial charge in [-0.1, -0.05) is 12.1 Å². The lowest BCUT2D eigenvalue weighted by Gasteiger charge is -2.21. The van der Waals surface area contributed by atoms with Gasteiger partial charge in [-0.2, -0.15) is 0 Å². The first kappa shape index (κ1) is 13.2. The molecule has 0 bridgehead atoms. The van der Waals surface area contributed by atoms with Crippen molar-refractivity contribution in [3.63, 3.8) is 0 Å². The van der Waals surface area contributed by atoms with Gasteiger partial charge in [0, 0.05) is 24.9 Å². The molecule has 0 radical (unpaired) electrons. The van der Waals surface area contributed by atoms with Gasteiger partial charge >= 0.3 is 0 Å². The van der Waals surface area contributed by atoms with E-state index in [1.807, 2.05) is 18.2 Å². The van der Waals surface area contributed by atoms with Crippen LogP contribution in [0.1, 0.15) is 5.56 Å². The highest BCUT2D eigenvalue weighted by atomic mass is 32.2. The zero-order valence-corrected chi connectivity index (χ0v) is 11.1. The van der Waals surface area contributed by atoms with Crippen LogP contribution in [0.2, 0.25) is 0 Å². The topological polar surface area (TPSA) is 64.6 Å². The molecule has 1 heterocycles. The molecule has 0 saturated heterocycles. The average molecular weight is 271 g/mol. The second-order valence-electron chi connectivity index (χ2n) is 4.25. The van der Waals surface area contributed by atoms with Gasteiger partial charge in [0.05, 0.1) is 5.75 Å². The van der Waals surface area contributed by atoms with Crippen molar-refractivity contribution >= 4 is 9.84 Å². The molecule has 100 valence electrons. The van der Waals surface area contributed by atoms with Gasteiger partial charge in [0.1, 0.15) is 23.1 Å². The quantitative estimate of drug-likeness (QED) is 0.794. The molecular weight excluding hydrogens is 254 g/mol. The Kier molecular flexibility index (Phi) is 4.08. The third-order valence-electron chi connectivity index (χ3n) is 2.61. The van der Waals surface area contributed by atoms with E-state index in [0.717, 1.165) is 17.1 Å². The Morgan fingerprint density at radius 2 is 2.06 bits per heavy atom. The van der Waals surface area contributed by atoms with Crippen LogP contribution < -0.4 is 14.8 Å². The third-order valence-corrected chi connectivity index (χ3v) is 3.56. The molecule has 1 N–H and O–H groups in total. The summed E-state index contributed by atoms with van der Waals surface area (Å²) in [7, 11) is -2.91. The molecule has 0 unspecified atom stereocenters. The van der Waals surface area contributed by atoms with Crippen molar-refractivity contribution in [3.8, 4) is 11.5 Å². The summed E-state index contributed by atoms with van der Waals surface area (Å²) >= 11 is 0. The van der Waals surface area contributed by atoms with Crippen molar-refractivity contribution < 1.29 is 17.9 Å². The highest BCUT2D eigenvalue weighted by Crippen LogP contribution is 2.33. The summed E-state index contributed by atoms with van der Waals surface area (Å²) in [5, 5.41) is 3.09. The summed E-state index contributed by atoms with van der Waals surface area (Å²) in [5.41, 5.74) is 0.987. The number of ether oxygens (including phenoxy) is 2. The van der Waals surface area contributed by atoms with E-state index >= 15 is 0 Å². The Morgan fingerprint density at radius 3 is 2.83 bits per heavy atom. The summed E-state index contributed by atoms with van der Waals surface area (Å²) in [5.74, 6) is 1.65. The molecule has 1 aromatic carbocycles. The molecule has 1 aromatic rings. The van der Waals surface area contributed by atoms with E-state index in [9.17, 15) is 8.42 Å². The number of para-hydroxylation sites is 1. The number of hydrogen-bond acceptors (Lipinski definition) is 5. The zero-order valence-electron chi connectivity index (χ0n) is 10.3. The van der Waals surface area contributed by atoms with Gasteiger partial charge in [-0.25, -0.2) is 8.42 Å². The largest absolute Gasteiger partial charge is 0.486 e. The summed E-state index contributed by atoms with van der Waals surface area (Å²) in [6.07, 6.45) is 1.23. The molecule has 5 nitrogen and oxygen atoms in total. The van der Waals surface area contributed by atoms with Crippen LogP contribution in [0.3, 0.4) is 0 Å². The van der Waals surface area contributed by atoms with Crippen LogP contribution >= 0.6 is 0 Å². The predicted octanol–water partition coefficient (Wildman–Crippen LogP) is 0.592. The van der Waals surface area contributed by atoms with Gasteiger partial charge in [-0.05, 0) is 6.07 Å². The second-order valence-corrected chi connectivity index (χ2v) is 6.51. The van der Waals surface area contributed by atoms with E-state index < -0.39 is 9.84 Å². The second kappa shape index (κ2) is 5.58. The fourth-order valence-electron chi connectivity index (χ4n) is 1.75. The van der Waals surface area contributed by atoms with Crippen LogP contribution in [0.25, 0.3) is 0 Å². The van der Waals surface area contributed by atoms with Crippen LogP contribution in [0, 0.1) is 0 Å². The average Bonchev–Trinajstić information content (AvgIpc) is 2.33. The van der Waals surface area contributed by atoms with Gasteiger partial charge in [-0.3, -0.25) is 0 Å². The number of nitrogens with one attached hydrogen (secondary N) is 1. The van der Waals surface area contributed by atoms with Crippen molar-refractivity contribution in [3.05, 3.63) is 23.8 Å². The van der Waals surface area contributed by atoms with Gasteiger partial charge in [-0.15, -0.1) is 0 Å². The van der Waals surface area contributed by atoms with Crippen LogP contribution in [-0.2, 0) is 16.4 Å². The van der Waals surface area contributed by atoms with Crippen molar-refractivity contribution in [1.82, 2.24) is 5.32 Å². The number of sulfone groups is 1. The first-order valence-electron chi connectivity index (χ1n) is 5.82. The van der Waals surface area contributed by atoms with Crippen LogP contribution in [-0.4, -0.2) is 40.2 Å². The fourth-order valence-corrected chi connectivity index (χ4v) is 2.27. The van der Waals surface area contributed by atoms with Gasteiger partial charge < -0.3 is 14.8 Å². The molecule has 2 rings (SSSR count). The molecule has 6 heteroatoms. The lowest BCUT2D eigenvalue weighted by molar-refractivity contribution is 0.169. The van der Waals surface area contributed by atoms with Gasteiger partial charge in [0.15, 0.2) is 11.5 Å². The van der Waals surface area contributed by atoms with E-state index in [-0.39, 0.29) is 5.75 Å². The van der Waals surface area contributed by atoms with Crippen molar-refractivity contribution in [2.45, 2.75) is 6.54 Å². The van der Waals surface area contributed by atoms with Crippen LogP contribution in [0.5, 0.6) is 11.5 Å². The SMILES string of the molecule is CS(=O)(=O)CCNCc1cccc2c1OCCO2. The lowest BCUT2D eigenvalue weighted by atomic mass is 10.1. The van der Waals surface area contributed by atoms with Crippen LogP contribution in [0.4, 0.5) is 0 Å². The Bertz CT molecular complexity index is 513. The van der Waals surface area contributed by atoms with Crippen molar-refractivity contribution in [2.24, 2.45) is 0 Å². The maximum Gasteiger partial charge on any atom is 0.165 e. The van der Waals surface area contributed by atoms with E-state index in [0.29, 0.717) is 26.3 Å². The molecular formula is C12H17NO4S. The Labute approximate surface area is 107 Å². The maximum atomic E-state index is 11.0. The van der Waals surface area contributed by atoms with E-state index in [2.05, 4.69) is 5.32 Å². The molecule has 1 aliphatic heterocycles. The minimum absolute atomic E-state index is 0.138. The van der Waals surface area contributed by atoms with E-state index in [4.69, 9.17) is 9.47 Å². The molecule has 1 aliphatic rings. The van der Waals surface area contributed by atoms with Crippen LogP contribution in [0.15, 0.2) is 18.2 Å². The minimum atomic E-state index is -2.91. The third kappa shape index (κ3) is 3.61. The number of benzene rings is 1. The summed E-state index contributed by atoms with van der Waals surface area (Å²) in [6.45, 7) is 2.12. The predicted molar refractivity (Wildman–Crippen MR) is 68.8 cm³/mol. The fraction of sp³-hybridized carbons (Fsp3) is 0.500. The van der Waals surface area contributed by atoms with E-state index in [1.54, 1.807) is 0 Å². The standard InChI is InChI=1S/C12H17NO4S/c1-18(14,15)8-5-13-9-10-3-2-4-11-12(10)17-7-6-16-11/h2-4,13H,5-9H2,1H3. The highest BCUT2D eigenvalue weighted by molar-refractivity contribution is 7.90. The first-order valence-corrected chi connectivity index (χ1v) is 7.88. The monoisotopic (exact) mass is 271 g/mol. The lowest BCUT2D eigenvalue weighted by Crippen LogP contribution is -2.23. The van der Waals surface area contributed by atoms with Crippen molar-refractivity contribution in [2.75, 3.05) is 31.8 Å². The molecule has 18 heavy (non-hydrogen) atoms. The summed E-state index contributed by atoms with van der Waals surface area (Å²) < 4.78 is 33.0. The minimum Gasteiger partial charge on any atom is -0.486 e. The van der Waals surface area contributed by atoms with Gasteiger partial charge in [0.2, 0.25) is 0 Å². The highest BCUT2D eigenvalue weighted by Gasteiger charge is 2.15. The summed E-state index contributed by atoms with van der Waals surface area (Å²) in [6, 6.07) is 5.72. The Morgan fingerprint density at radius 1 is 1.28 bits per heavy atom. The van der Waals surface area contributed by atoms with Gasteiger partial charge in [0.25, 0.3) is 0 Å². The first-order chi connectivity index (χ1) is 8.56. The number of fused-ring (bicyclic) bond motifs is 1. The zero-order chi connectivity index (χ0) is 13.0.